The van der Waals surface area contributed by atoms with E-state index in [-0.39, 0.29) is 18.1 Å². The molecule has 1 amide bonds. The van der Waals surface area contributed by atoms with Crippen LogP contribution in [0.4, 0.5) is 0 Å². The smallest absolute Gasteiger partial charge is 0.287 e. The molecule has 2 atom stereocenters. The zero-order valence-electron chi connectivity index (χ0n) is 15.3. The second-order valence-corrected chi connectivity index (χ2v) is 6.84. The van der Waals surface area contributed by atoms with Gasteiger partial charge in [-0.25, -0.2) is 0 Å². The number of para-hydroxylation sites is 1. The Kier molecular flexibility index (Phi) is 5.12. The summed E-state index contributed by atoms with van der Waals surface area (Å²) in [5, 5.41) is 3.93. The Morgan fingerprint density at radius 3 is 2.81 bits per heavy atom. The normalized spacial score (nSPS) is 19.3. The van der Waals surface area contributed by atoms with Crippen LogP contribution >= 0.6 is 0 Å². The molecule has 1 aromatic heterocycles. The maximum atomic E-state index is 12.7. The molecule has 3 aromatic rings. The lowest BCUT2D eigenvalue weighted by molar-refractivity contribution is 0.0269. The molecule has 0 spiro atoms. The number of ether oxygens (including phenoxy) is 2. The predicted octanol–water partition coefficient (Wildman–Crippen LogP) is 4.31. The van der Waals surface area contributed by atoms with Gasteiger partial charge in [0.15, 0.2) is 17.1 Å². The predicted molar refractivity (Wildman–Crippen MR) is 103 cm³/mol. The molecular formula is C22H23NO4. The van der Waals surface area contributed by atoms with E-state index in [9.17, 15) is 4.79 Å². The number of rotatable bonds is 6. The maximum absolute atomic E-state index is 12.7. The maximum Gasteiger partial charge on any atom is 0.287 e. The first-order valence-corrected chi connectivity index (χ1v) is 9.27. The highest BCUT2D eigenvalue weighted by Crippen LogP contribution is 2.29. The Balaban J connectivity index is 1.42. The highest BCUT2D eigenvalue weighted by atomic mass is 16.5. The summed E-state index contributed by atoms with van der Waals surface area (Å²) in [5.41, 5.74) is 1.73. The van der Waals surface area contributed by atoms with Gasteiger partial charge in [0.1, 0.15) is 0 Å². The van der Waals surface area contributed by atoms with Crippen molar-refractivity contribution in [3.63, 3.8) is 0 Å². The van der Waals surface area contributed by atoms with Gasteiger partial charge in [-0.3, -0.25) is 4.79 Å². The van der Waals surface area contributed by atoms with Crippen LogP contribution in [-0.4, -0.2) is 25.2 Å². The lowest BCUT2D eigenvalue weighted by atomic mass is 10.2. The molecule has 27 heavy (non-hydrogen) atoms. The largest absolute Gasteiger partial charge is 0.493 e. The van der Waals surface area contributed by atoms with Gasteiger partial charge in [-0.15, -0.1) is 0 Å². The highest BCUT2D eigenvalue weighted by molar-refractivity contribution is 5.97. The number of hydrogen-bond donors (Lipinski definition) is 1. The number of amides is 1. The van der Waals surface area contributed by atoms with Crippen LogP contribution in [0.3, 0.4) is 0 Å². The SMILES string of the molecule is COc1cccc2cc(C(=O)N[C@@H]3CCC[C@H]3OCc3ccccc3)oc12. The fourth-order valence-electron chi connectivity index (χ4n) is 3.62. The molecule has 1 aliphatic rings. The molecule has 140 valence electrons. The average Bonchev–Trinajstić information content (AvgIpc) is 3.33. The number of fused-ring (bicyclic) bond motifs is 1. The van der Waals surface area contributed by atoms with Gasteiger partial charge in [-0.2, -0.15) is 0 Å². The minimum absolute atomic E-state index is 0.00341. The van der Waals surface area contributed by atoms with E-state index in [4.69, 9.17) is 13.9 Å². The number of benzene rings is 2. The molecule has 5 nitrogen and oxygen atoms in total. The average molecular weight is 365 g/mol. The standard InChI is InChI=1S/C22H23NO4/c1-25-19-12-5-9-16-13-20(27-21(16)19)22(24)23-17-10-6-11-18(17)26-14-15-7-3-2-4-8-15/h2-5,7-9,12-13,17-18H,6,10-11,14H2,1H3,(H,23,24)/t17-,18-/m1/s1. The van der Waals surface area contributed by atoms with E-state index in [1.54, 1.807) is 13.2 Å². The third-order valence-electron chi connectivity index (χ3n) is 5.03. The first-order chi connectivity index (χ1) is 13.2. The number of furan rings is 1. The number of hydrogen-bond acceptors (Lipinski definition) is 4. The van der Waals surface area contributed by atoms with Gasteiger partial charge >= 0.3 is 0 Å². The lowest BCUT2D eigenvalue weighted by Crippen LogP contribution is -2.40. The van der Waals surface area contributed by atoms with Gasteiger partial charge in [0.25, 0.3) is 5.91 Å². The van der Waals surface area contributed by atoms with E-state index in [2.05, 4.69) is 5.32 Å². The zero-order chi connectivity index (χ0) is 18.6. The molecule has 1 heterocycles. The third kappa shape index (κ3) is 3.83. The van der Waals surface area contributed by atoms with E-state index in [1.807, 2.05) is 48.5 Å². The summed E-state index contributed by atoms with van der Waals surface area (Å²) < 4.78 is 17.1. The molecule has 1 fully saturated rings. The Hall–Kier alpha value is -2.79. The van der Waals surface area contributed by atoms with E-state index < -0.39 is 0 Å². The Morgan fingerprint density at radius 1 is 1.15 bits per heavy atom. The number of methoxy groups -OCH3 is 1. The third-order valence-corrected chi connectivity index (χ3v) is 5.03. The molecule has 0 aliphatic heterocycles. The number of nitrogens with one attached hydrogen (secondary N) is 1. The van der Waals surface area contributed by atoms with Crippen molar-refractivity contribution in [1.29, 1.82) is 0 Å². The van der Waals surface area contributed by atoms with Gasteiger partial charge < -0.3 is 19.2 Å². The second-order valence-electron chi connectivity index (χ2n) is 6.84. The van der Waals surface area contributed by atoms with Crippen molar-refractivity contribution in [3.05, 3.63) is 65.9 Å². The van der Waals surface area contributed by atoms with Crippen molar-refractivity contribution in [2.24, 2.45) is 0 Å². The number of carbonyl (C=O) groups is 1. The van der Waals surface area contributed by atoms with Crippen LogP contribution in [0.15, 0.2) is 59.0 Å². The van der Waals surface area contributed by atoms with E-state index >= 15 is 0 Å². The molecule has 0 unspecified atom stereocenters. The molecule has 0 bridgehead atoms. The highest BCUT2D eigenvalue weighted by Gasteiger charge is 2.30. The first-order valence-electron chi connectivity index (χ1n) is 9.27. The zero-order valence-corrected chi connectivity index (χ0v) is 15.3. The van der Waals surface area contributed by atoms with Crippen LogP contribution in [0, 0.1) is 0 Å². The van der Waals surface area contributed by atoms with Gasteiger partial charge in [0.2, 0.25) is 0 Å². The van der Waals surface area contributed by atoms with Gasteiger partial charge in [-0.1, -0.05) is 42.5 Å². The lowest BCUT2D eigenvalue weighted by Gasteiger charge is -2.21. The molecule has 1 N–H and O–H groups in total. The van der Waals surface area contributed by atoms with Crippen molar-refractivity contribution in [1.82, 2.24) is 5.32 Å². The van der Waals surface area contributed by atoms with E-state index in [0.717, 1.165) is 30.2 Å². The Morgan fingerprint density at radius 2 is 2.00 bits per heavy atom. The second kappa shape index (κ2) is 7.84. The van der Waals surface area contributed by atoms with Crippen LogP contribution in [-0.2, 0) is 11.3 Å². The molecule has 2 aromatic carbocycles. The Bertz CT molecular complexity index is 918. The van der Waals surface area contributed by atoms with Crippen molar-refractivity contribution < 1.29 is 18.7 Å². The topological polar surface area (TPSA) is 60.7 Å². The molecule has 1 saturated carbocycles. The van der Waals surface area contributed by atoms with Crippen molar-refractivity contribution in [2.75, 3.05) is 7.11 Å². The fourth-order valence-corrected chi connectivity index (χ4v) is 3.62. The summed E-state index contributed by atoms with van der Waals surface area (Å²) in [6, 6.07) is 17.4. The van der Waals surface area contributed by atoms with E-state index in [0.29, 0.717) is 23.7 Å². The summed E-state index contributed by atoms with van der Waals surface area (Å²) in [6.45, 7) is 0.555. The first kappa shape index (κ1) is 17.6. The molecular weight excluding hydrogens is 342 g/mol. The van der Waals surface area contributed by atoms with Crippen molar-refractivity contribution in [2.45, 2.75) is 38.0 Å². The van der Waals surface area contributed by atoms with Gasteiger partial charge in [0, 0.05) is 5.39 Å². The van der Waals surface area contributed by atoms with E-state index in [1.165, 1.54) is 0 Å². The van der Waals surface area contributed by atoms with Crippen LogP contribution < -0.4 is 10.1 Å². The van der Waals surface area contributed by atoms with Crippen LogP contribution in [0.25, 0.3) is 11.0 Å². The summed E-state index contributed by atoms with van der Waals surface area (Å²) in [7, 11) is 1.59. The molecule has 0 radical (unpaired) electrons. The monoisotopic (exact) mass is 365 g/mol. The van der Waals surface area contributed by atoms with Gasteiger partial charge in [-0.05, 0) is 37.0 Å². The molecule has 0 saturated heterocycles. The quantitative estimate of drug-likeness (QED) is 0.707. The minimum Gasteiger partial charge on any atom is -0.493 e. The van der Waals surface area contributed by atoms with Crippen LogP contribution in [0.5, 0.6) is 5.75 Å². The van der Waals surface area contributed by atoms with Gasteiger partial charge in [0.05, 0.1) is 25.9 Å². The summed E-state index contributed by atoms with van der Waals surface area (Å²) in [5.74, 6) is 0.702. The van der Waals surface area contributed by atoms with Crippen molar-refractivity contribution >= 4 is 16.9 Å². The molecule has 5 heteroatoms. The fraction of sp³-hybridized carbons (Fsp3) is 0.318. The summed E-state index contributed by atoms with van der Waals surface area (Å²) >= 11 is 0. The molecule has 1 aliphatic carbocycles. The van der Waals surface area contributed by atoms with Crippen LogP contribution in [0.2, 0.25) is 0 Å². The summed E-state index contributed by atoms with van der Waals surface area (Å²) in [4.78, 5) is 12.7. The Labute approximate surface area is 158 Å². The van der Waals surface area contributed by atoms with Crippen molar-refractivity contribution in [3.8, 4) is 5.75 Å². The minimum atomic E-state index is -0.214. The molecule has 4 rings (SSSR count). The summed E-state index contributed by atoms with van der Waals surface area (Å²) in [6.07, 6.45) is 2.92. The van der Waals surface area contributed by atoms with Crippen LogP contribution in [0.1, 0.15) is 35.4 Å². The number of carbonyl (C=O) groups excluding carboxylic acids is 1.